The van der Waals surface area contributed by atoms with Gasteiger partial charge in [-0.3, -0.25) is 9.59 Å². The fourth-order valence-electron chi connectivity index (χ4n) is 2.99. The van der Waals surface area contributed by atoms with Crippen molar-refractivity contribution in [2.75, 3.05) is 5.32 Å². The molecular formula is C22H17N3O2. The van der Waals surface area contributed by atoms with Crippen molar-refractivity contribution >= 4 is 22.6 Å². The number of anilines is 1. The molecule has 4 aromatic rings. The van der Waals surface area contributed by atoms with Gasteiger partial charge in [0.2, 0.25) is 5.91 Å². The first-order valence-corrected chi connectivity index (χ1v) is 8.63. The molecule has 5 heteroatoms. The zero-order chi connectivity index (χ0) is 18.6. The van der Waals surface area contributed by atoms with Crippen LogP contribution in [0.4, 0.5) is 5.69 Å². The Bertz CT molecular complexity index is 1170. The maximum absolute atomic E-state index is 12.5. The number of nitrogens with one attached hydrogen (secondary N) is 2. The maximum atomic E-state index is 12.5. The van der Waals surface area contributed by atoms with Gasteiger partial charge in [-0.2, -0.15) is 0 Å². The second-order valence-corrected chi connectivity index (χ2v) is 6.19. The first-order valence-electron chi connectivity index (χ1n) is 8.63. The summed E-state index contributed by atoms with van der Waals surface area (Å²) < 4.78 is 0. The molecule has 0 aliphatic heterocycles. The number of hydrogen-bond donors (Lipinski definition) is 2. The first kappa shape index (κ1) is 16.7. The van der Waals surface area contributed by atoms with Crippen LogP contribution in [0.3, 0.4) is 0 Å². The van der Waals surface area contributed by atoms with E-state index in [9.17, 15) is 9.59 Å². The van der Waals surface area contributed by atoms with Crippen molar-refractivity contribution in [2.24, 2.45) is 0 Å². The Balaban J connectivity index is 1.68. The Kier molecular flexibility index (Phi) is 4.49. The van der Waals surface area contributed by atoms with Crippen LogP contribution in [0.1, 0.15) is 5.56 Å². The van der Waals surface area contributed by atoms with Crippen LogP contribution in [0.15, 0.2) is 83.7 Å². The summed E-state index contributed by atoms with van der Waals surface area (Å²) in [5.41, 5.74) is 3.43. The number of amides is 1. The highest BCUT2D eigenvalue weighted by Gasteiger charge is 2.13. The van der Waals surface area contributed by atoms with E-state index in [4.69, 9.17) is 0 Å². The van der Waals surface area contributed by atoms with Gasteiger partial charge >= 0.3 is 0 Å². The molecule has 0 radical (unpaired) electrons. The standard InChI is InChI=1S/C22H17N3O2/c26-20(14-15-8-2-1-3-9-15)23-17-11-5-4-10-16(17)21-22(27)25-19-13-7-6-12-18(19)24-21/h1-13H,14H2,(H,23,26)(H,25,27). The fourth-order valence-corrected chi connectivity index (χ4v) is 2.99. The highest BCUT2D eigenvalue weighted by atomic mass is 16.1. The number of carbonyl (C=O) groups is 1. The van der Waals surface area contributed by atoms with Crippen LogP contribution in [-0.2, 0) is 11.2 Å². The molecule has 0 saturated carbocycles. The number of aromatic nitrogens is 2. The summed E-state index contributed by atoms with van der Waals surface area (Å²) in [6.45, 7) is 0. The number of para-hydroxylation sites is 3. The molecule has 5 nitrogen and oxygen atoms in total. The smallest absolute Gasteiger partial charge is 0.275 e. The summed E-state index contributed by atoms with van der Waals surface area (Å²) in [6, 6.07) is 24.1. The second-order valence-electron chi connectivity index (χ2n) is 6.19. The quantitative estimate of drug-likeness (QED) is 0.585. The molecule has 0 aliphatic carbocycles. The van der Waals surface area contributed by atoms with Crippen LogP contribution in [0.25, 0.3) is 22.3 Å². The van der Waals surface area contributed by atoms with E-state index in [1.807, 2.05) is 60.7 Å². The molecule has 132 valence electrons. The van der Waals surface area contributed by atoms with Gasteiger partial charge in [-0.1, -0.05) is 60.7 Å². The van der Waals surface area contributed by atoms with E-state index < -0.39 is 0 Å². The van der Waals surface area contributed by atoms with Crippen LogP contribution in [-0.4, -0.2) is 15.9 Å². The predicted octanol–water partition coefficient (Wildman–Crippen LogP) is 3.77. The van der Waals surface area contributed by atoms with Crippen molar-refractivity contribution in [2.45, 2.75) is 6.42 Å². The van der Waals surface area contributed by atoms with E-state index in [0.29, 0.717) is 22.3 Å². The highest BCUT2D eigenvalue weighted by Crippen LogP contribution is 2.25. The van der Waals surface area contributed by atoms with E-state index in [1.54, 1.807) is 18.2 Å². The van der Waals surface area contributed by atoms with E-state index in [0.717, 1.165) is 5.56 Å². The van der Waals surface area contributed by atoms with Crippen molar-refractivity contribution in [1.82, 2.24) is 9.97 Å². The molecule has 1 aromatic heterocycles. The average molecular weight is 355 g/mol. The molecule has 0 aliphatic rings. The van der Waals surface area contributed by atoms with Crippen LogP contribution in [0.5, 0.6) is 0 Å². The predicted molar refractivity (Wildman–Crippen MR) is 107 cm³/mol. The summed E-state index contributed by atoms with van der Waals surface area (Å²) in [6.07, 6.45) is 0.261. The molecule has 1 amide bonds. The molecule has 0 atom stereocenters. The van der Waals surface area contributed by atoms with Crippen molar-refractivity contribution in [3.63, 3.8) is 0 Å². The van der Waals surface area contributed by atoms with Gasteiger partial charge in [0, 0.05) is 5.56 Å². The van der Waals surface area contributed by atoms with Crippen molar-refractivity contribution < 1.29 is 4.79 Å². The molecular weight excluding hydrogens is 338 g/mol. The van der Waals surface area contributed by atoms with Gasteiger partial charge in [-0.15, -0.1) is 0 Å². The van der Waals surface area contributed by atoms with Crippen LogP contribution in [0, 0.1) is 0 Å². The maximum Gasteiger partial charge on any atom is 0.275 e. The molecule has 0 spiro atoms. The van der Waals surface area contributed by atoms with Gasteiger partial charge in [-0.05, 0) is 23.8 Å². The lowest BCUT2D eigenvalue weighted by atomic mass is 10.1. The third-order valence-corrected chi connectivity index (χ3v) is 4.26. The van der Waals surface area contributed by atoms with Crippen LogP contribution < -0.4 is 10.9 Å². The summed E-state index contributed by atoms with van der Waals surface area (Å²) in [4.78, 5) is 32.3. The third-order valence-electron chi connectivity index (χ3n) is 4.26. The van der Waals surface area contributed by atoms with E-state index in [2.05, 4.69) is 15.3 Å². The molecule has 0 bridgehead atoms. The average Bonchev–Trinajstić information content (AvgIpc) is 2.69. The summed E-state index contributed by atoms with van der Waals surface area (Å²) in [7, 11) is 0. The van der Waals surface area contributed by atoms with Crippen molar-refractivity contribution in [3.05, 3.63) is 94.8 Å². The number of benzene rings is 3. The number of aromatic amines is 1. The molecule has 2 N–H and O–H groups in total. The Morgan fingerprint density at radius 1 is 0.889 bits per heavy atom. The number of carbonyl (C=O) groups excluding carboxylic acids is 1. The Hall–Kier alpha value is -3.73. The van der Waals surface area contributed by atoms with Crippen molar-refractivity contribution in [1.29, 1.82) is 0 Å². The Morgan fingerprint density at radius 2 is 1.59 bits per heavy atom. The normalized spacial score (nSPS) is 10.7. The SMILES string of the molecule is O=C(Cc1ccccc1)Nc1ccccc1-c1nc2ccccc2[nH]c1=O. The van der Waals surface area contributed by atoms with Crippen LogP contribution in [0.2, 0.25) is 0 Å². The summed E-state index contributed by atoms with van der Waals surface area (Å²) in [5, 5.41) is 2.90. The molecule has 0 saturated heterocycles. The number of rotatable bonds is 4. The number of fused-ring (bicyclic) bond motifs is 1. The minimum atomic E-state index is -0.293. The van der Waals surface area contributed by atoms with Gasteiger partial charge in [0.1, 0.15) is 5.69 Å². The topological polar surface area (TPSA) is 74.8 Å². The van der Waals surface area contributed by atoms with E-state index in [-0.39, 0.29) is 23.6 Å². The molecule has 27 heavy (non-hydrogen) atoms. The second kappa shape index (κ2) is 7.25. The van der Waals surface area contributed by atoms with Crippen LogP contribution >= 0.6 is 0 Å². The largest absolute Gasteiger partial charge is 0.325 e. The fraction of sp³-hybridized carbons (Fsp3) is 0.0455. The number of nitrogens with zero attached hydrogens (tertiary/aromatic N) is 1. The minimum Gasteiger partial charge on any atom is -0.325 e. The lowest BCUT2D eigenvalue weighted by Crippen LogP contribution is -2.17. The lowest BCUT2D eigenvalue weighted by Gasteiger charge is -2.11. The van der Waals surface area contributed by atoms with Gasteiger partial charge in [0.05, 0.1) is 23.1 Å². The third kappa shape index (κ3) is 3.62. The summed E-state index contributed by atoms with van der Waals surface area (Å²) >= 11 is 0. The summed E-state index contributed by atoms with van der Waals surface area (Å²) in [5.74, 6) is -0.147. The first-order chi connectivity index (χ1) is 13.2. The van der Waals surface area contributed by atoms with E-state index >= 15 is 0 Å². The number of hydrogen-bond acceptors (Lipinski definition) is 3. The zero-order valence-corrected chi connectivity index (χ0v) is 14.5. The highest BCUT2D eigenvalue weighted by molar-refractivity contribution is 5.96. The molecule has 0 fully saturated rings. The molecule has 0 unspecified atom stereocenters. The monoisotopic (exact) mass is 355 g/mol. The lowest BCUT2D eigenvalue weighted by molar-refractivity contribution is -0.115. The Labute approximate surface area is 155 Å². The van der Waals surface area contributed by atoms with Gasteiger partial charge in [0.15, 0.2) is 0 Å². The van der Waals surface area contributed by atoms with Crippen molar-refractivity contribution in [3.8, 4) is 11.3 Å². The van der Waals surface area contributed by atoms with Gasteiger partial charge in [-0.25, -0.2) is 4.98 Å². The molecule has 4 rings (SSSR count). The zero-order valence-electron chi connectivity index (χ0n) is 14.5. The number of H-pyrrole nitrogens is 1. The van der Waals surface area contributed by atoms with Gasteiger partial charge < -0.3 is 10.3 Å². The minimum absolute atomic E-state index is 0.147. The van der Waals surface area contributed by atoms with Gasteiger partial charge in [0.25, 0.3) is 5.56 Å². The Morgan fingerprint density at radius 3 is 2.44 bits per heavy atom. The molecule has 1 heterocycles. The molecule has 3 aromatic carbocycles. The van der Waals surface area contributed by atoms with E-state index in [1.165, 1.54) is 0 Å².